The summed E-state index contributed by atoms with van der Waals surface area (Å²) in [4.78, 5) is 33.8. The number of hydrogen-bond acceptors (Lipinski definition) is 5. The number of fused-ring (bicyclic) bond motifs is 1. The monoisotopic (exact) mass is 668 g/mol. The van der Waals surface area contributed by atoms with Crippen molar-refractivity contribution in [3.8, 4) is 5.75 Å². The summed E-state index contributed by atoms with van der Waals surface area (Å²) in [5.41, 5.74) is 3.13. The number of ether oxygens (including phenoxy) is 1. The Kier molecular flexibility index (Phi) is 10.8. The smallest absolute Gasteiger partial charge is 0.332 e. The fourth-order valence-electron chi connectivity index (χ4n) is 6.02. The van der Waals surface area contributed by atoms with Crippen LogP contribution < -0.4 is 15.2 Å². The molecule has 9 heteroatoms. The highest BCUT2D eigenvalue weighted by Crippen LogP contribution is 2.33. The molecule has 1 fully saturated rings. The molecular formula is C38H38Cl2N4O3. The van der Waals surface area contributed by atoms with Crippen molar-refractivity contribution >= 4 is 45.8 Å². The van der Waals surface area contributed by atoms with Crippen LogP contribution in [0, 0.1) is 0 Å². The van der Waals surface area contributed by atoms with Crippen LogP contribution in [0.3, 0.4) is 0 Å². The molecule has 0 spiro atoms. The highest BCUT2D eigenvalue weighted by molar-refractivity contribution is 6.43. The maximum atomic E-state index is 14.1. The molecule has 0 atom stereocenters. The number of benzene rings is 4. The first-order valence-corrected chi connectivity index (χ1v) is 16.8. The number of rotatable bonds is 11. The average molecular weight is 670 g/mol. The van der Waals surface area contributed by atoms with Crippen LogP contribution in [0.1, 0.15) is 24.0 Å². The second kappa shape index (κ2) is 15.5. The minimum Gasteiger partial charge on any atom is -0.494 e. The van der Waals surface area contributed by atoms with E-state index in [1.165, 1.54) is 10.6 Å². The van der Waals surface area contributed by atoms with Crippen LogP contribution >= 0.6 is 23.2 Å². The van der Waals surface area contributed by atoms with E-state index in [1.54, 1.807) is 17.0 Å². The molecule has 0 radical (unpaired) electrons. The van der Waals surface area contributed by atoms with E-state index in [0.29, 0.717) is 41.0 Å². The molecule has 6 rings (SSSR count). The van der Waals surface area contributed by atoms with Crippen LogP contribution in [0.5, 0.6) is 5.75 Å². The highest BCUT2D eigenvalue weighted by Gasteiger charge is 2.21. The lowest BCUT2D eigenvalue weighted by Crippen LogP contribution is -2.46. The van der Waals surface area contributed by atoms with Gasteiger partial charge in [0.2, 0.25) is 0 Å². The summed E-state index contributed by atoms with van der Waals surface area (Å²) < 4.78 is 7.40. The van der Waals surface area contributed by atoms with Crippen molar-refractivity contribution in [1.82, 2.24) is 14.4 Å². The van der Waals surface area contributed by atoms with Crippen molar-refractivity contribution in [3.63, 3.8) is 0 Å². The molecule has 2 heterocycles. The molecule has 4 aromatic carbocycles. The Balaban J connectivity index is 1.08. The molecule has 5 aromatic rings. The molecule has 1 aliphatic rings. The first-order valence-electron chi connectivity index (χ1n) is 16.0. The third kappa shape index (κ3) is 8.17. The van der Waals surface area contributed by atoms with Gasteiger partial charge in [0.25, 0.3) is 5.56 Å². The number of aromatic nitrogens is 1. The largest absolute Gasteiger partial charge is 0.494 e. The lowest BCUT2D eigenvalue weighted by molar-refractivity contribution is 0.194. The van der Waals surface area contributed by atoms with E-state index in [0.717, 1.165) is 67.8 Å². The quantitative estimate of drug-likeness (QED) is 0.134. The van der Waals surface area contributed by atoms with Gasteiger partial charge >= 0.3 is 6.03 Å². The van der Waals surface area contributed by atoms with Crippen LogP contribution in [0.2, 0.25) is 10.0 Å². The van der Waals surface area contributed by atoms with Crippen molar-refractivity contribution in [3.05, 3.63) is 141 Å². The molecule has 7 nitrogen and oxygen atoms in total. The molecule has 1 saturated heterocycles. The van der Waals surface area contributed by atoms with Gasteiger partial charge in [0, 0.05) is 51.4 Å². The molecule has 242 valence electrons. The van der Waals surface area contributed by atoms with Gasteiger partial charge in [-0.2, -0.15) is 0 Å². The van der Waals surface area contributed by atoms with E-state index < -0.39 is 0 Å². The minimum absolute atomic E-state index is 0.372. The number of pyridine rings is 1. The number of halogens is 2. The van der Waals surface area contributed by atoms with Crippen molar-refractivity contribution in [2.75, 3.05) is 44.2 Å². The number of unbranched alkanes of at least 4 members (excludes halogenated alkanes) is 1. The third-order valence-electron chi connectivity index (χ3n) is 8.54. The van der Waals surface area contributed by atoms with Gasteiger partial charge in [-0.05, 0) is 66.2 Å². The van der Waals surface area contributed by atoms with Crippen LogP contribution in [-0.2, 0) is 13.1 Å². The summed E-state index contributed by atoms with van der Waals surface area (Å²) in [7, 11) is 0. The SMILES string of the molecule is O=C(N(Cc1ccccc1)Cc1ccccc1)n1c(=O)ccc2ccc(OCCCCN3CCN(c4cccc(Cl)c4Cl)CC3)cc21. The number of hydrogen-bond donors (Lipinski definition) is 0. The van der Waals surface area contributed by atoms with Gasteiger partial charge in [0.15, 0.2) is 0 Å². The topological polar surface area (TPSA) is 58.0 Å². The number of amides is 1. The number of nitrogens with zero attached hydrogens (tertiary/aromatic N) is 4. The Bertz CT molecular complexity index is 1820. The summed E-state index contributed by atoms with van der Waals surface area (Å²) >= 11 is 12.6. The fourth-order valence-corrected chi connectivity index (χ4v) is 6.43. The predicted octanol–water partition coefficient (Wildman–Crippen LogP) is 7.96. The van der Waals surface area contributed by atoms with Crippen molar-refractivity contribution < 1.29 is 9.53 Å². The highest BCUT2D eigenvalue weighted by atomic mass is 35.5. The Hall–Kier alpha value is -4.30. The molecule has 1 aliphatic heterocycles. The zero-order valence-corrected chi connectivity index (χ0v) is 27.7. The molecule has 0 saturated carbocycles. The van der Waals surface area contributed by atoms with E-state index in [9.17, 15) is 9.59 Å². The van der Waals surface area contributed by atoms with Gasteiger partial charge in [-0.1, -0.05) is 89.9 Å². The predicted molar refractivity (Wildman–Crippen MR) is 191 cm³/mol. The van der Waals surface area contributed by atoms with E-state index in [1.807, 2.05) is 91.0 Å². The molecule has 1 amide bonds. The molecule has 0 aliphatic carbocycles. The Morgan fingerprint density at radius 1 is 0.745 bits per heavy atom. The second-order valence-corrected chi connectivity index (χ2v) is 12.6. The van der Waals surface area contributed by atoms with Crippen LogP contribution in [0.15, 0.2) is 114 Å². The van der Waals surface area contributed by atoms with Gasteiger partial charge < -0.3 is 14.5 Å². The summed E-state index contributed by atoms with van der Waals surface area (Å²) in [6.45, 7) is 6.02. The second-order valence-electron chi connectivity index (χ2n) is 11.8. The summed E-state index contributed by atoms with van der Waals surface area (Å²) in [5, 5.41) is 2.00. The lowest BCUT2D eigenvalue weighted by Gasteiger charge is -2.36. The molecular weight excluding hydrogens is 631 g/mol. The maximum absolute atomic E-state index is 14.1. The van der Waals surface area contributed by atoms with E-state index in [2.05, 4.69) is 9.80 Å². The van der Waals surface area contributed by atoms with Crippen LogP contribution in [0.4, 0.5) is 10.5 Å². The third-order valence-corrected chi connectivity index (χ3v) is 9.35. The van der Waals surface area contributed by atoms with Gasteiger partial charge in [-0.3, -0.25) is 9.69 Å². The average Bonchev–Trinajstić information content (AvgIpc) is 3.10. The van der Waals surface area contributed by atoms with Gasteiger partial charge in [-0.25, -0.2) is 9.36 Å². The normalized spacial score (nSPS) is 13.5. The molecule has 0 unspecified atom stereocenters. The van der Waals surface area contributed by atoms with Crippen molar-refractivity contribution in [2.24, 2.45) is 0 Å². The fraction of sp³-hybridized carbons (Fsp3) is 0.263. The van der Waals surface area contributed by atoms with Crippen molar-refractivity contribution in [2.45, 2.75) is 25.9 Å². The van der Waals surface area contributed by atoms with E-state index in [4.69, 9.17) is 27.9 Å². The number of piperazine rings is 1. The number of anilines is 1. The van der Waals surface area contributed by atoms with Crippen LogP contribution in [0.25, 0.3) is 10.9 Å². The Labute approximate surface area is 285 Å². The van der Waals surface area contributed by atoms with Gasteiger partial charge in [0.05, 0.1) is 27.9 Å². The standard InChI is InChI=1S/C38H38Cl2N4O3/c39-33-14-9-15-34(37(33)40)42-23-21-41(22-24-42)20-7-8-25-47-32-18-16-31-17-19-36(45)44(35(31)26-32)38(46)43(27-29-10-3-1-4-11-29)28-30-12-5-2-6-13-30/h1-6,9-19,26H,7-8,20-25,27-28H2. The minimum atomic E-state index is -0.372. The maximum Gasteiger partial charge on any atom is 0.332 e. The molecule has 47 heavy (non-hydrogen) atoms. The zero-order chi connectivity index (χ0) is 32.6. The molecule has 0 bridgehead atoms. The Morgan fingerprint density at radius 3 is 2.09 bits per heavy atom. The summed E-state index contributed by atoms with van der Waals surface area (Å²) in [5.74, 6) is 0.634. The summed E-state index contributed by atoms with van der Waals surface area (Å²) in [6.07, 6.45) is 1.89. The van der Waals surface area contributed by atoms with Gasteiger partial charge in [0.1, 0.15) is 5.75 Å². The zero-order valence-electron chi connectivity index (χ0n) is 26.2. The van der Waals surface area contributed by atoms with Gasteiger partial charge in [-0.15, -0.1) is 0 Å². The number of carbonyl (C=O) groups excluding carboxylic acids is 1. The summed E-state index contributed by atoms with van der Waals surface area (Å²) in [6, 6.07) is 33.9. The Morgan fingerprint density at radius 2 is 1.40 bits per heavy atom. The number of carbonyl (C=O) groups is 1. The van der Waals surface area contributed by atoms with E-state index >= 15 is 0 Å². The lowest BCUT2D eigenvalue weighted by atomic mass is 10.1. The molecule has 1 aromatic heterocycles. The van der Waals surface area contributed by atoms with Crippen molar-refractivity contribution in [1.29, 1.82) is 0 Å². The van der Waals surface area contributed by atoms with Crippen LogP contribution in [-0.4, -0.2) is 59.7 Å². The first kappa shape index (κ1) is 32.6. The molecule has 0 N–H and O–H groups in total. The first-order chi connectivity index (χ1) is 23.0. The van der Waals surface area contributed by atoms with E-state index in [-0.39, 0.29) is 11.6 Å².